The zero-order chi connectivity index (χ0) is 16.8. The summed E-state index contributed by atoms with van der Waals surface area (Å²) in [6.45, 7) is 1.31. The Balaban J connectivity index is 2.27. The average molecular weight is 315 g/mol. The van der Waals surface area contributed by atoms with Crippen molar-refractivity contribution in [2.75, 3.05) is 19.5 Å². The Labute approximate surface area is 134 Å². The summed E-state index contributed by atoms with van der Waals surface area (Å²) in [5.74, 6) is 0.331. The van der Waals surface area contributed by atoms with Gasteiger partial charge in [0, 0.05) is 18.7 Å². The Morgan fingerprint density at radius 2 is 1.57 bits per heavy atom. The molecule has 0 spiro atoms. The van der Waals surface area contributed by atoms with Crippen molar-refractivity contribution in [2.24, 2.45) is 0 Å². The van der Waals surface area contributed by atoms with Crippen LogP contribution in [0, 0.1) is 0 Å². The van der Waals surface area contributed by atoms with Crippen LogP contribution in [0.25, 0.3) is 0 Å². The second-order valence-corrected chi connectivity index (χ2v) is 4.61. The van der Waals surface area contributed by atoms with Crippen molar-refractivity contribution in [1.82, 2.24) is 0 Å². The van der Waals surface area contributed by atoms with Gasteiger partial charge in [-0.05, 0) is 24.3 Å². The van der Waals surface area contributed by atoms with Crippen LogP contribution in [0.3, 0.4) is 0 Å². The van der Waals surface area contributed by atoms with Crippen LogP contribution < -0.4 is 19.5 Å². The molecule has 1 N–H and O–H groups in total. The van der Waals surface area contributed by atoms with E-state index in [0.717, 1.165) is 0 Å². The third kappa shape index (κ3) is 4.00. The third-order valence-corrected chi connectivity index (χ3v) is 3.01. The van der Waals surface area contributed by atoms with Gasteiger partial charge in [-0.15, -0.1) is 0 Å². The summed E-state index contributed by atoms with van der Waals surface area (Å²) < 4.78 is 15.4. The highest BCUT2D eigenvalue weighted by Crippen LogP contribution is 2.29. The first-order chi connectivity index (χ1) is 11.0. The molecule has 2 aromatic rings. The van der Waals surface area contributed by atoms with Crippen LogP contribution in [0.15, 0.2) is 42.5 Å². The predicted octanol–water partition coefficient (Wildman–Crippen LogP) is 2.88. The zero-order valence-corrected chi connectivity index (χ0v) is 13.1. The summed E-state index contributed by atoms with van der Waals surface area (Å²) in [5.41, 5.74) is 0.775. The lowest BCUT2D eigenvalue weighted by atomic mass is 10.1. The van der Waals surface area contributed by atoms with Crippen molar-refractivity contribution in [3.63, 3.8) is 0 Å². The number of benzene rings is 2. The van der Waals surface area contributed by atoms with E-state index < -0.39 is 5.97 Å². The highest BCUT2D eigenvalue weighted by Gasteiger charge is 2.18. The maximum atomic E-state index is 12.5. The van der Waals surface area contributed by atoms with Gasteiger partial charge < -0.3 is 19.5 Å². The van der Waals surface area contributed by atoms with E-state index in [1.807, 2.05) is 0 Å². The van der Waals surface area contributed by atoms with E-state index in [1.165, 1.54) is 21.1 Å². The third-order valence-electron chi connectivity index (χ3n) is 3.01. The number of nitrogens with one attached hydrogen (secondary N) is 1. The predicted molar refractivity (Wildman–Crippen MR) is 85.3 cm³/mol. The van der Waals surface area contributed by atoms with Crippen LogP contribution >= 0.6 is 0 Å². The Kier molecular flexibility index (Phi) is 5.19. The van der Waals surface area contributed by atoms with Crippen LogP contribution in [0.1, 0.15) is 17.3 Å². The number of amides is 1. The molecule has 0 radical (unpaired) electrons. The molecule has 120 valence electrons. The molecule has 0 heterocycles. The fraction of sp³-hybridized carbons (Fsp3) is 0.176. The van der Waals surface area contributed by atoms with Crippen LogP contribution in [0.5, 0.6) is 17.2 Å². The molecular formula is C17H17NO5. The number of hydrogen-bond donors (Lipinski definition) is 1. The molecule has 0 atom stereocenters. The minimum Gasteiger partial charge on any atom is -0.496 e. The van der Waals surface area contributed by atoms with Crippen molar-refractivity contribution < 1.29 is 23.8 Å². The van der Waals surface area contributed by atoms with Gasteiger partial charge in [0.25, 0.3) is 5.91 Å². The molecule has 0 aliphatic carbocycles. The molecule has 1 amide bonds. The average Bonchev–Trinajstić information content (AvgIpc) is 2.53. The Bertz CT molecular complexity index is 704. The van der Waals surface area contributed by atoms with E-state index in [1.54, 1.807) is 42.5 Å². The van der Waals surface area contributed by atoms with Crippen LogP contribution in [0.2, 0.25) is 0 Å². The number of carbonyl (C=O) groups excluding carboxylic acids is 2. The fourth-order valence-electron chi connectivity index (χ4n) is 2.07. The minimum atomic E-state index is -0.431. The summed E-state index contributed by atoms with van der Waals surface area (Å²) in [7, 11) is 2.96. The normalized spacial score (nSPS) is 9.87. The van der Waals surface area contributed by atoms with Gasteiger partial charge >= 0.3 is 5.97 Å². The second kappa shape index (κ2) is 7.31. The maximum Gasteiger partial charge on any atom is 0.308 e. The summed E-state index contributed by atoms with van der Waals surface area (Å²) >= 11 is 0. The Hall–Kier alpha value is -3.02. The molecule has 0 aromatic heterocycles. The first-order valence-corrected chi connectivity index (χ1v) is 6.86. The van der Waals surface area contributed by atoms with Gasteiger partial charge in [-0.2, -0.15) is 0 Å². The van der Waals surface area contributed by atoms with Crippen molar-refractivity contribution in [2.45, 2.75) is 6.92 Å². The SMILES string of the molecule is COc1cccc(OC)c1C(=O)Nc1cccc(OC(C)=O)c1. The number of ether oxygens (including phenoxy) is 3. The molecule has 23 heavy (non-hydrogen) atoms. The number of rotatable bonds is 5. The molecule has 6 heteroatoms. The molecule has 0 aliphatic heterocycles. The smallest absolute Gasteiger partial charge is 0.308 e. The molecule has 6 nitrogen and oxygen atoms in total. The second-order valence-electron chi connectivity index (χ2n) is 4.61. The summed E-state index contributed by atoms with van der Waals surface area (Å²) in [4.78, 5) is 23.5. The first-order valence-electron chi connectivity index (χ1n) is 6.86. The van der Waals surface area contributed by atoms with E-state index in [0.29, 0.717) is 22.9 Å². The molecular weight excluding hydrogens is 298 g/mol. The van der Waals surface area contributed by atoms with Crippen LogP contribution in [-0.4, -0.2) is 26.1 Å². The number of hydrogen-bond acceptors (Lipinski definition) is 5. The van der Waals surface area contributed by atoms with E-state index >= 15 is 0 Å². The Morgan fingerprint density at radius 1 is 0.957 bits per heavy atom. The zero-order valence-electron chi connectivity index (χ0n) is 13.1. The molecule has 0 bridgehead atoms. The van der Waals surface area contributed by atoms with Gasteiger partial charge in [0.15, 0.2) is 0 Å². The largest absolute Gasteiger partial charge is 0.496 e. The van der Waals surface area contributed by atoms with Crippen molar-refractivity contribution in [1.29, 1.82) is 0 Å². The molecule has 0 fully saturated rings. The van der Waals surface area contributed by atoms with E-state index in [9.17, 15) is 9.59 Å². The molecule has 0 unspecified atom stereocenters. The number of anilines is 1. The highest BCUT2D eigenvalue weighted by molar-refractivity contribution is 6.08. The van der Waals surface area contributed by atoms with Gasteiger partial charge in [0.2, 0.25) is 0 Å². The van der Waals surface area contributed by atoms with Crippen molar-refractivity contribution in [3.8, 4) is 17.2 Å². The van der Waals surface area contributed by atoms with E-state index in [4.69, 9.17) is 14.2 Å². The lowest BCUT2D eigenvalue weighted by molar-refractivity contribution is -0.131. The Morgan fingerprint density at radius 3 is 2.13 bits per heavy atom. The number of esters is 1. The van der Waals surface area contributed by atoms with Gasteiger partial charge in [0.1, 0.15) is 22.8 Å². The quantitative estimate of drug-likeness (QED) is 0.678. The fourth-order valence-corrected chi connectivity index (χ4v) is 2.07. The van der Waals surface area contributed by atoms with Gasteiger partial charge in [-0.1, -0.05) is 12.1 Å². The van der Waals surface area contributed by atoms with Gasteiger partial charge in [-0.25, -0.2) is 0 Å². The maximum absolute atomic E-state index is 12.5. The monoisotopic (exact) mass is 315 g/mol. The summed E-state index contributed by atoms with van der Waals surface area (Å²) in [6.07, 6.45) is 0. The standard InChI is InChI=1S/C17H17NO5/c1-11(19)23-13-7-4-6-12(10-13)18-17(20)16-14(21-2)8-5-9-15(16)22-3/h4-10H,1-3H3,(H,18,20). The molecule has 0 aliphatic rings. The number of methoxy groups -OCH3 is 2. The lowest BCUT2D eigenvalue weighted by Crippen LogP contribution is -2.14. The number of carbonyl (C=O) groups is 2. The summed E-state index contributed by atoms with van der Waals surface area (Å²) in [5, 5.41) is 2.73. The van der Waals surface area contributed by atoms with Gasteiger partial charge in [0.05, 0.1) is 14.2 Å². The topological polar surface area (TPSA) is 73.9 Å². The minimum absolute atomic E-state index is 0.287. The van der Waals surface area contributed by atoms with Crippen LogP contribution in [0.4, 0.5) is 5.69 Å². The highest BCUT2D eigenvalue weighted by atomic mass is 16.5. The van der Waals surface area contributed by atoms with Crippen molar-refractivity contribution >= 4 is 17.6 Å². The summed E-state index contributed by atoms with van der Waals surface area (Å²) in [6, 6.07) is 11.6. The molecule has 2 aromatic carbocycles. The molecule has 0 saturated heterocycles. The van der Waals surface area contributed by atoms with E-state index in [2.05, 4.69) is 5.32 Å². The van der Waals surface area contributed by atoms with Crippen LogP contribution in [-0.2, 0) is 4.79 Å². The van der Waals surface area contributed by atoms with Gasteiger partial charge in [-0.3, -0.25) is 9.59 Å². The molecule has 0 saturated carbocycles. The van der Waals surface area contributed by atoms with Crippen molar-refractivity contribution in [3.05, 3.63) is 48.0 Å². The lowest BCUT2D eigenvalue weighted by Gasteiger charge is -2.13. The van der Waals surface area contributed by atoms with E-state index in [-0.39, 0.29) is 11.5 Å². The molecule has 2 rings (SSSR count). The first kappa shape index (κ1) is 16.4.